The van der Waals surface area contributed by atoms with Crippen molar-refractivity contribution in [3.63, 3.8) is 0 Å². The quantitative estimate of drug-likeness (QED) is 0.549. The van der Waals surface area contributed by atoms with E-state index in [0.717, 1.165) is 16.3 Å². The van der Waals surface area contributed by atoms with Crippen molar-refractivity contribution in [3.8, 4) is 0 Å². The van der Waals surface area contributed by atoms with Gasteiger partial charge in [0.05, 0.1) is 6.42 Å². The lowest BCUT2D eigenvalue weighted by atomic mass is 10.0. The molecule has 0 aliphatic rings. The number of hydrogen-bond acceptors (Lipinski definition) is 3. The maximum absolute atomic E-state index is 12.5. The van der Waals surface area contributed by atoms with Crippen molar-refractivity contribution in [2.45, 2.75) is 45.6 Å². The summed E-state index contributed by atoms with van der Waals surface area (Å²) in [5.41, 5.74) is 0.896. The molecule has 0 aromatic heterocycles. The summed E-state index contributed by atoms with van der Waals surface area (Å²) in [4.78, 5) is 35.4. The third-order valence-electron chi connectivity index (χ3n) is 4.56. The fourth-order valence-electron chi connectivity index (χ4n) is 3.02. The number of hydrogen-bond donors (Lipinski definition) is 3. The van der Waals surface area contributed by atoms with Gasteiger partial charge in [-0.3, -0.25) is 14.4 Å². The fraction of sp³-hybridized carbons (Fsp3) is 0.409. The first-order valence-electron chi connectivity index (χ1n) is 9.63. The Labute approximate surface area is 165 Å². The lowest BCUT2D eigenvalue weighted by Gasteiger charge is -2.22. The minimum absolute atomic E-state index is 0.0560. The molecule has 0 heterocycles. The molecule has 1 unspecified atom stereocenters. The number of unbranched alkanes of at least 4 members (excludes halogenated alkanes) is 1. The van der Waals surface area contributed by atoms with E-state index in [4.69, 9.17) is 5.11 Å². The highest BCUT2D eigenvalue weighted by Gasteiger charge is 2.23. The van der Waals surface area contributed by atoms with Gasteiger partial charge in [-0.05, 0) is 35.1 Å². The van der Waals surface area contributed by atoms with E-state index in [0.29, 0.717) is 19.4 Å². The first-order chi connectivity index (χ1) is 13.4. The molecule has 2 amide bonds. The SMILES string of the molecule is CC(C)C(NC(=O)Cc1ccc2ccccc2c1)C(=O)NCCCCC(=O)O. The van der Waals surface area contributed by atoms with Gasteiger partial charge in [0, 0.05) is 13.0 Å². The van der Waals surface area contributed by atoms with E-state index in [2.05, 4.69) is 10.6 Å². The Morgan fingerprint density at radius 3 is 2.39 bits per heavy atom. The second-order valence-electron chi connectivity index (χ2n) is 7.29. The number of carbonyl (C=O) groups excluding carboxylic acids is 2. The lowest BCUT2D eigenvalue weighted by Crippen LogP contribution is -2.50. The second kappa shape index (κ2) is 10.4. The van der Waals surface area contributed by atoms with Crippen LogP contribution in [0.1, 0.15) is 38.7 Å². The Hall–Kier alpha value is -2.89. The van der Waals surface area contributed by atoms with E-state index in [-0.39, 0.29) is 30.6 Å². The van der Waals surface area contributed by atoms with Gasteiger partial charge in [0.15, 0.2) is 0 Å². The van der Waals surface area contributed by atoms with Crippen molar-refractivity contribution in [1.29, 1.82) is 0 Å². The van der Waals surface area contributed by atoms with Gasteiger partial charge in [-0.15, -0.1) is 0 Å². The van der Waals surface area contributed by atoms with Gasteiger partial charge in [0.2, 0.25) is 11.8 Å². The number of rotatable bonds is 10. The number of fused-ring (bicyclic) bond motifs is 1. The standard InChI is InChI=1S/C22H28N2O4/c1-15(2)21(22(28)23-12-6-5-9-20(26)27)24-19(25)14-16-10-11-17-7-3-4-8-18(17)13-16/h3-4,7-8,10-11,13,15,21H,5-6,9,12,14H2,1-2H3,(H,23,28)(H,24,25)(H,26,27). The molecule has 0 aliphatic heterocycles. The van der Waals surface area contributed by atoms with Gasteiger partial charge >= 0.3 is 5.97 Å². The lowest BCUT2D eigenvalue weighted by molar-refractivity contribution is -0.137. The molecule has 0 bridgehead atoms. The van der Waals surface area contributed by atoms with Gasteiger partial charge in [-0.1, -0.05) is 56.3 Å². The maximum Gasteiger partial charge on any atom is 0.303 e. The van der Waals surface area contributed by atoms with E-state index in [1.165, 1.54) is 0 Å². The first kappa shape index (κ1) is 21.4. The van der Waals surface area contributed by atoms with Gasteiger partial charge in [0.25, 0.3) is 0 Å². The van der Waals surface area contributed by atoms with Crippen LogP contribution >= 0.6 is 0 Å². The monoisotopic (exact) mass is 384 g/mol. The molecule has 2 rings (SSSR count). The van der Waals surface area contributed by atoms with Crippen molar-refractivity contribution in [1.82, 2.24) is 10.6 Å². The van der Waals surface area contributed by atoms with Gasteiger partial charge in [-0.25, -0.2) is 0 Å². The van der Waals surface area contributed by atoms with Crippen LogP contribution in [-0.4, -0.2) is 35.5 Å². The number of nitrogens with one attached hydrogen (secondary N) is 2. The highest BCUT2D eigenvalue weighted by atomic mass is 16.4. The molecule has 28 heavy (non-hydrogen) atoms. The molecule has 0 radical (unpaired) electrons. The van der Waals surface area contributed by atoms with Crippen molar-refractivity contribution in [2.24, 2.45) is 5.92 Å². The number of benzene rings is 2. The predicted octanol–water partition coefficient (Wildman–Crippen LogP) is 2.89. The summed E-state index contributed by atoms with van der Waals surface area (Å²) >= 11 is 0. The number of carboxylic acid groups (broad SMARTS) is 1. The van der Waals surface area contributed by atoms with E-state index in [9.17, 15) is 14.4 Å². The largest absolute Gasteiger partial charge is 0.481 e. The van der Waals surface area contributed by atoms with Crippen LogP contribution < -0.4 is 10.6 Å². The number of aliphatic carboxylic acids is 1. The van der Waals surface area contributed by atoms with Crippen molar-refractivity contribution in [3.05, 3.63) is 48.0 Å². The Morgan fingerprint density at radius 1 is 1.00 bits per heavy atom. The molecule has 1 atom stereocenters. The minimum Gasteiger partial charge on any atom is -0.481 e. The summed E-state index contributed by atoms with van der Waals surface area (Å²) in [6, 6.07) is 13.2. The normalized spacial score (nSPS) is 12.0. The van der Waals surface area contributed by atoms with Crippen LogP contribution in [0.25, 0.3) is 10.8 Å². The molecule has 6 nitrogen and oxygen atoms in total. The zero-order valence-corrected chi connectivity index (χ0v) is 16.4. The summed E-state index contributed by atoms with van der Waals surface area (Å²) in [6.45, 7) is 4.16. The molecule has 0 fully saturated rings. The molecule has 0 spiro atoms. The molecule has 3 N–H and O–H groups in total. The summed E-state index contributed by atoms with van der Waals surface area (Å²) in [5.74, 6) is -1.33. The molecule has 2 aromatic rings. The summed E-state index contributed by atoms with van der Waals surface area (Å²) in [5, 5.41) is 16.4. The average molecular weight is 384 g/mol. The molecule has 0 aliphatic carbocycles. The van der Waals surface area contributed by atoms with Crippen molar-refractivity contribution < 1.29 is 19.5 Å². The van der Waals surface area contributed by atoms with Gasteiger partial charge in [0.1, 0.15) is 6.04 Å². The predicted molar refractivity (Wildman–Crippen MR) is 109 cm³/mol. The van der Waals surface area contributed by atoms with Crippen LogP contribution in [0.2, 0.25) is 0 Å². The van der Waals surface area contributed by atoms with Crippen LogP contribution in [0.3, 0.4) is 0 Å². The zero-order valence-electron chi connectivity index (χ0n) is 16.4. The Bertz CT molecular complexity index is 832. The van der Waals surface area contributed by atoms with Crippen LogP contribution in [0.5, 0.6) is 0 Å². The summed E-state index contributed by atoms with van der Waals surface area (Å²) in [7, 11) is 0. The molecule has 150 valence electrons. The highest BCUT2D eigenvalue weighted by Crippen LogP contribution is 2.16. The molecule has 2 aromatic carbocycles. The molecule has 6 heteroatoms. The van der Waals surface area contributed by atoms with Crippen LogP contribution in [0.4, 0.5) is 0 Å². The van der Waals surface area contributed by atoms with E-state index in [1.807, 2.05) is 56.3 Å². The molecular formula is C22H28N2O4. The summed E-state index contributed by atoms with van der Waals surface area (Å²) < 4.78 is 0. The number of carbonyl (C=O) groups is 3. The van der Waals surface area contributed by atoms with Gasteiger partial charge in [-0.2, -0.15) is 0 Å². The number of amides is 2. The fourth-order valence-corrected chi connectivity index (χ4v) is 3.02. The Kier molecular flexibility index (Phi) is 7.99. The van der Waals surface area contributed by atoms with Gasteiger partial charge < -0.3 is 15.7 Å². The summed E-state index contributed by atoms with van der Waals surface area (Å²) in [6.07, 6.45) is 1.40. The number of carboxylic acids is 1. The van der Waals surface area contributed by atoms with E-state index in [1.54, 1.807) is 0 Å². The maximum atomic E-state index is 12.5. The Morgan fingerprint density at radius 2 is 1.71 bits per heavy atom. The minimum atomic E-state index is -0.840. The smallest absolute Gasteiger partial charge is 0.303 e. The molecular weight excluding hydrogens is 356 g/mol. The third kappa shape index (κ3) is 6.68. The van der Waals surface area contributed by atoms with Crippen LogP contribution in [-0.2, 0) is 20.8 Å². The van der Waals surface area contributed by atoms with Crippen LogP contribution in [0, 0.1) is 5.92 Å². The molecule has 0 saturated carbocycles. The Balaban J connectivity index is 1.88. The topological polar surface area (TPSA) is 95.5 Å². The zero-order chi connectivity index (χ0) is 20.5. The molecule has 0 saturated heterocycles. The van der Waals surface area contributed by atoms with E-state index < -0.39 is 12.0 Å². The van der Waals surface area contributed by atoms with Crippen LogP contribution in [0.15, 0.2) is 42.5 Å². The average Bonchev–Trinajstić information content (AvgIpc) is 2.65. The first-order valence-corrected chi connectivity index (χ1v) is 9.63. The van der Waals surface area contributed by atoms with Crippen molar-refractivity contribution in [2.75, 3.05) is 6.54 Å². The van der Waals surface area contributed by atoms with Crippen molar-refractivity contribution >= 4 is 28.6 Å². The second-order valence-corrected chi connectivity index (χ2v) is 7.29. The third-order valence-corrected chi connectivity index (χ3v) is 4.56. The highest BCUT2D eigenvalue weighted by molar-refractivity contribution is 5.89. The van der Waals surface area contributed by atoms with E-state index >= 15 is 0 Å².